The second-order valence-corrected chi connectivity index (χ2v) is 5.32. The third kappa shape index (κ3) is 1.96. The highest BCUT2D eigenvalue weighted by Crippen LogP contribution is 2.41. The van der Waals surface area contributed by atoms with Crippen molar-refractivity contribution in [2.75, 3.05) is 23.5 Å². The Labute approximate surface area is 124 Å². The summed E-state index contributed by atoms with van der Waals surface area (Å²) in [6.07, 6.45) is -2.07. The number of nitrogens with zero attached hydrogens (tertiary/aromatic N) is 1. The molecule has 2 atom stereocenters. The topological polar surface area (TPSA) is 85.2 Å². The molecule has 0 fully saturated rings. The molecule has 0 amide bonds. The maximum atomic E-state index is 10.00. The van der Waals surface area contributed by atoms with Crippen LogP contribution in [0.15, 0.2) is 23.7 Å². The summed E-state index contributed by atoms with van der Waals surface area (Å²) in [6.45, 7) is -0.116. The molecule has 2 aliphatic rings. The molecular formula is C12H12Cl2N2O4. The number of aliphatic hydroxyl groups excluding tert-OH is 3. The van der Waals surface area contributed by atoms with Gasteiger partial charge in [0.05, 0.1) is 28.1 Å². The molecule has 0 saturated carbocycles. The van der Waals surface area contributed by atoms with Gasteiger partial charge in [-0.1, -0.05) is 23.2 Å². The van der Waals surface area contributed by atoms with E-state index in [2.05, 4.69) is 5.32 Å². The molecule has 1 unspecified atom stereocenters. The fourth-order valence-electron chi connectivity index (χ4n) is 2.32. The number of ether oxygens (including phenoxy) is 1. The number of anilines is 2. The zero-order valence-electron chi connectivity index (χ0n) is 10.2. The Bertz CT molecular complexity index is 593. The van der Waals surface area contributed by atoms with Gasteiger partial charge in [-0.25, -0.2) is 0 Å². The van der Waals surface area contributed by atoms with Crippen molar-refractivity contribution in [1.82, 2.24) is 0 Å². The minimum Gasteiger partial charge on any atom is -0.506 e. The minimum absolute atomic E-state index is 0.0315. The van der Waals surface area contributed by atoms with Gasteiger partial charge in [-0.2, -0.15) is 0 Å². The SMILES string of the molecule is OCC1=C(O)C(O)[C@@H](N2CNc3cc(Cl)c(Cl)cc32)O1. The van der Waals surface area contributed by atoms with Gasteiger partial charge < -0.3 is 30.3 Å². The smallest absolute Gasteiger partial charge is 0.207 e. The van der Waals surface area contributed by atoms with Gasteiger partial charge in [-0.15, -0.1) is 0 Å². The van der Waals surface area contributed by atoms with Crippen molar-refractivity contribution < 1.29 is 20.1 Å². The van der Waals surface area contributed by atoms with Gasteiger partial charge in [0.1, 0.15) is 6.61 Å². The number of halogens is 2. The Morgan fingerprint density at radius 1 is 1.35 bits per heavy atom. The third-order valence-corrected chi connectivity index (χ3v) is 4.06. The van der Waals surface area contributed by atoms with Crippen molar-refractivity contribution in [1.29, 1.82) is 0 Å². The predicted octanol–water partition coefficient (Wildman–Crippen LogP) is 1.66. The van der Waals surface area contributed by atoms with Crippen LogP contribution < -0.4 is 10.2 Å². The van der Waals surface area contributed by atoms with Crippen molar-refractivity contribution >= 4 is 34.6 Å². The molecule has 0 spiro atoms. The van der Waals surface area contributed by atoms with Gasteiger partial charge in [0.2, 0.25) is 6.23 Å². The largest absolute Gasteiger partial charge is 0.506 e. The first-order valence-corrected chi connectivity index (χ1v) is 6.65. The van der Waals surface area contributed by atoms with Crippen LogP contribution in [0.25, 0.3) is 0 Å². The van der Waals surface area contributed by atoms with Gasteiger partial charge in [0.15, 0.2) is 17.6 Å². The molecule has 0 radical (unpaired) electrons. The molecule has 2 aliphatic heterocycles. The fourth-order valence-corrected chi connectivity index (χ4v) is 2.64. The zero-order valence-corrected chi connectivity index (χ0v) is 11.7. The predicted molar refractivity (Wildman–Crippen MR) is 75.1 cm³/mol. The van der Waals surface area contributed by atoms with Crippen LogP contribution in [-0.4, -0.2) is 40.9 Å². The normalized spacial score (nSPS) is 24.7. The van der Waals surface area contributed by atoms with E-state index in [-0.39, 0.29) is 11.5 Å². The molecule has 2 heterocycles. The lowest BCUT2D eigenvalue weighted by Crippen LogP contribution is -2.42. The van der Waals surface area contributed by atoms with E-state index in [1.165, 1.54) is 0 Å². The van der Waals surface area contributed by atoms with Crippen LogP contribution in [0.5, 0.6) is 0 Å². The van der Waals surface area contributed by atoms with E-state index < -0.39 is 18.9 Å². The molecule has 0 aliphatic carbocycles. The number of hydrogen-bond donors (Lipinski definition) is 4. The van der Waals surface area contributed by atoms with E-state index in [1.54, 1.807) is 17.0 Å². The van der Waals surface area contributed by atoms with Crippen molar-refractivity contribution in [2.45, 2.75) is 12.3 Å². The van der Waals surface area contributed by atoms with Gasteiger partial charge in [0, 0.05) is 0 Å². The van der Waals surface area contributed by atoms with E-state index in [0.717, 1.165) is 5.69 Å². The summed E-state index contributed by atoms with van der Waals surface area (Å²) in [5.41, 5.74) is 1.46. The molecular weight excluding hydrogens is 307 g/mol. The van der Waals surface area contributed by atoms with Crippen LogP contribution in [0.3, 0.4) is 0 Å². The summed E-state index contributed by atoms with van der Waals surface area (Å²) in [6, 6.07) is 3.34. The van der Waals surface area contributed by atoms with Gasteiger partial charge >= 0.3 is 0 Å². The maximum absolute atomic E-state index is 10.00. The molecule has 6 nitrogen and oxygen atoms in total. The first kappa shape index (κ1) is 13.6. The summed E-state index contributed by atoms with van der Waals surface area (Å²) in [7, 11) is 0. The highest BCUT2D eigenvalue weighted by molar-refractivity contribution is 6.42. The Morgan fingerprint density at radius 3 is 2.70 bits per heavy atom. The number of hydrogen-bond acceptors (Lipinski definition) is 6. The molecule has 1 aromatic rings. The maximum Gasteiger partial charge on any atom is 0.207 e. The summed E-state index contributed by atoms with van der Waals surface area (Å²) in [4.78, 5) is 1.70. The molecule has 3 rings (SSSR count). The number of aliphatic hydroxyl groups is 3. The standard InChI is InChI=1S/C12H12Cl2N2O4/c13-5-1-7-8(2-6(5)14)16(4-15-7)12-11(19)10(18)9(3-17)20-12/h1-2,11-12,15,17-19H,3-4H2/t11?,12-/m0/s1. The quantitative estimate of drug-likeness (QED) is 0.663. The monoisotopic (exact) mass is 318 g/mol. The van der Waals surface area contributed by atoms with Crippen molar-refractivity contribution in [3.63, 3.8) is 0 Å². The van der Waals surface area contributed by atoms with Gasteiger partial charge in [-0.05, 0) is 12.1 Å². The summed E-state index contributed by atoms with van der Waals surface area (Å²) < 4.78 is 5.39. The van der Waals surface area contributed by atoms with Gasteiger partial charge in [0.25, 0.3) is 0 Å². The summed E-state index contributed by atoms with van der Waals surface area (Å²) in [5.74, 6) is -0.387. The van der Waals surface area contributed by atoms with Crippen molar-refractivity contribution in [3.05, 3.63) is 33.7 Å². The van der Waals surface area contributed by atoms with E-state index in [1.807, 2.05) is 0 Å². The zero-order chi connectivity index (χ0) is 14.4. The molecule has 0 bridgehead atoms. The molecule has 1 aromatic carbocycles. The van der Waals surface area contributed by atoms with E-state index in [9.17, 15) is 10.2 Å². The van der Waals surface area contributed by atoms with Crippen LogP contribution in [-0.2, 0) is 4.74 Å². The van der Waals surface area contributed by atoms with E-state index >= 15 is 0 Å². The second-order valence-electron chi connectivity index (χ2n) is 4.51. The number of nitrogens with one attached hydrogen (secondary N) is 1. The third-order valence-electron chi connectivity index (χ3n) is 3.34. The van der Waals surface area contributed by atoms with Crippen LogP contribution >= 0.6 is 23.2 Å². The summed E-state index contributed by atoms with van der Waals surface area (Å²) in [5, 5.41) is 32.6. The van der Waals surface area contributed by atoms with E-state index in [4.69, 9.17) is 33.0 Å². The van der Waals surface area contributed by atoms with Crippen LogP contribution in [0.2, 0.25) is 10.0 Å². The minimum atomic E-state index is -1.24. The molecule has 0 aromatic heterocycles. The van der Waals surface area contributed by atoms with Gasteiger partial charge in [-0.3, -0.25) is 0 Å². The number of benzene rings is 1. The lowest BCUT2D eigenvalue weighted by atomic mass is 10.2. The molecule has 108 valence electrons. The second kappa shape index (κ2) is 4.89. The first-order chi connectivity index (χ1) is 9.52. The first-order valence-electron chi connectivity index (χ1n) is 5.90. The molecule has 0 saturated heterocycles. The lowest BCUT2D eigenvalue weighted by molar-refractivity contribution is 0.0328. The highest BCUT2D eigenvalue weighted by Gasteiger charge is 2.41. The van der Waals surface area contributed by atoms with Crippen molar-refractivity contribution in [3.8, 4) is 0 Å². The van der Waals surface area contributed by atoms with Crippen LogP contribution in [0.4, 0.5) is 11.4 Å². The van der Waals surface area contributed by atoms with Crippen LogP contribution in [0, 0.1) is 0 Å². The average Bonchev–Trinajstić information content (AvgIpc) is 2.94. The Balaban J connectivity index is 1.91. The highest BCUT2D eigenvalue weighted by atomic mass is 35.5. The lowest BCUT2D eigenvalue weighted by Gasteiger charge is -2.27. The average molecular weight is 319 g/mol. The number of fused-ring (bicyclic) bond motifs is 1. The molecule has 20 heavy (non-hydrogen) atoms. The molecule has 4 N–H and O–H groups in total. The Hall–Kier alpha value is -1.34. The Kier molecular flexibility index (Phi) is 3.33. The summed E-state index contributed by atoms with van der Waals surface area (Å²) >= 11 is 11.9. The van der Waals surface area contributed by atoms with Crippen molar-refractivity contribution in [2.24, 2.45) is 0 Å². The molecule has 8 heteroatoms. The Morgan fingerprint density at radius 2 is 2.05 bits per heavy atom. The fraction of sp³-hybridized carbons (Fsp3) is 0.333. The number of rotatable bonds is 2. The van der Waals surface area contributed by atoms with Crippen LogP contribution in [0.1, 0.15) is 0 Å². The van der Waals surface area contributed by atoms with E-state index in [0.29, 0.717) is 22.4 Å².